The molecule has 2 N–H and O–H groups in total. The summed E-state index contributed by atoms with van der Waals surface area (Å²) in [6, 6.07) is 12.3. The highest BCUT2D eigenvalue weighted by Crippen LogP contribution is 2.19. The van der Waals surface area contributed by atoms with Crippen LogP contribution in [-0.2, 0) is 16.0 Å². The standard InChI is InChI=1S/C20H22N2O4S/c23-18(17-9-5-11-27-17)21-16(12-14-6-2-1-3-7-14)19(24)22-10-4-8-15(13-22)20(25)26/h1-3,5-7,9,11,15-16H,4,8,10,12-13H2,(H,21,23)(H,25,26). The van der Waals surface area contributed by atoms with E-state index in [1.54, 1.807) is 17.0 Å². The lowest BCUT2D eigenvalue weighted by Gasteiger charge is -2.33. The van der Waals surface area contributed by atoms with Gasteiger partial charge >= 0.3 is 5.97 Å². The zero-order valence-corrected chi connectivity index (χ0v) is 15.7. The maximum atomic E-state index is 13.1. The van der Waals surface area contributed by atoms with Crippen molar-refractivity contribution in [2.45, 2.75) is 25.3 Å². The number of aliphatic carboxylic acids is 1. The SMILES string of the molecule is O=C(NC(Cc1ccccc1)C(=O)N1CCCC(C(=O)O)C1)c1cccs1. The smallest absolute Gasteiger partial charge is 0.308 e. The van der Waals surface area contributed by atoms with Crippen LogP contribution in [0, 0.1) is 5.92 Å². The van der Waals surface area contributed by atoms with Crippen LogP contribution in [-0.4, -0.2) is 46.9 Å². The van der Waals surface area contributed by atoms with Gasteiger partial charge in [0, 0.05) is 19.5 Å². The van der Waals surface area contributed by atoms with Crippen molar-refractivity contribution in [3.63, 3.8) is 0 Å². The molecular weight excluding hydrogens is 364 g/mol. The summed E-state index contributed by atoms with van der Waals surface area (Å²) in [7, 11) is 0. The molecule has 27 heavy (non-hydrogen) atoms. The van der Waals surface area contributed by atoms with Crippen LogP contribution in [0.1, 0.15) is 28.1 Å². The number of hydrogen-bond donors (Lipinski definition) is 2. The molecule has 0 saturated carbocycles. The van der Waals surface area contributed by atoms with Crippen LogP contribution in [0.4, 0.5) is 0 Å². The Labute approximate surface area is 161 Å². The van der Waals surface area contributed by atoms with E-state index in [1.165, 1.54) is 11.3 Å². The Bertz CT molecular complexity index is 792. The monoisotopic (exact) mass is 386 g/mol. The normalized spacial score (nSPS) is 17.9. The molecule has 0 aliphatic carbocycles. The molecule has 3 rings (SSSR count). The van der Waals surface area contributed by atoms with Gasteiger partial charge in [-0.15, -0.1) is 11.3 Å². The predicted octanol–water partition coefficient (Wildman–Crippen LogP) is 2.41. The highest BCUT2D eigenvalue weighted by Gasteiger charge is 2.32. The summed E-state index contributed by atoms with van der Waals surface area (Å²) in [5, 5.41) is 13.9. The first-order valence-corrected chi connectivity index (χ1v) is 9.82. The number of hydrogen-bond acceptors (Lipinski definition) is 4. The number of carbonyl (C=O) groups is 3. The van der Waals surface area contributed by atoms with E-state index in [-0.39, 0.29) is 18.4 Å². The van der Waals surface area contributed by atoms with Crippen molar-refractivity contribution in [1.82, 2.24) is 10.2 Å². The van der Waals surface area contributed by atoms with Crippen LogP contribution in [0.2, 0.25) is 0 Å². The number of carbonyl (C=O) groups excluding carboxylic acids is 2. The number of benzene rings is 1. The first-order valence-electron chi connectivity index (χ1n) is 8.94. The van der Waals surface area contributed by atoms with E-state index < -0.39 is 17.9 Å². The molecule has 1 fully saturated rings. The van der Waals surface area contributed by atoms with Crippen molar-refractivity contribution >= 4 is 29.1 Å². The Morgan fingerprint density at radius 3 is 2.63 bits per heavy atom. The van der Waals surface area contributed by atoms with E-state index >= 15 is 0 Å². The summed E-state index contributed by atoms with van der Waals surface area (Å²) in [6.45, 7) is 0.705. The lowest BCUT2D eigenvalue weighted by Crippen LogP contribution is -2.52. The average Bonchev–Trinajstić information content (AvgIpc) is 3.23. The third kappa shape index (κ3) is 4.95. The maximum absolute atomic E-state index is 13.1. The molecule has 142 valence electrons. The number of nitrogens with one attached hydrogen (secondary N) is 1. The Morgan fingerprint density at radius 2 is 1.96 bits per heavy atom. The number of nitrogens with zero attached hydrogens (tertiary/aromatic N) is 1. The van der Waals surface area contributed by atoms with E-state index in [4.69, 9.17) is 0 Å². The van der Waals surface area contributed by atoms with Crippen molar-refractivity contribution in [1.29, 1.82) is 0 Å². The molecule has 1 aromatic carbocycles. The fourth-order valence-electron chi connectivity index (χ4n) is 3.29. The van der Waals surface area contributed by atoms with E-state index in [0.717, 1.165) is 5.56 Å². The quantitative estimate of drug-likeness (QED) is 0.798. The molecule has 6 nitrogen and oxygen atoms in total. The highest BCUT2D eigenvalue weighted by molar-refractivity contribution is 7.12. The molecule has 2 heterocycles. The van der Waals surface area contributed by atoms with Gasteiger partial charge in [-0.05, 0) is 29.9 Å². The molecule has 1 saturated heterocycles. The average molecular weight is 386 g/mol. The van der Waals surface area contributed by atoms with Crippen LogP contribution in [0.15, 0.2) is 47.8 Å². The molecule has 0 bridgehead atoms. The number of piperidine rings is 1. The Hall–Kier alpha value is -2.67. The van der Waals surface area contributed by atoms with Gasteiger partial charge in [0.2, 0.25) is 5.91 Å². The predicted molar refractivity (Wildman–Crippen MR) is 103 cm³/mol. The summed E-state index contributed by atoms with van der Waals surface area (Å²) in [5.74, 6) is -1.94. The second-order valence-electron chi connectivity index (χ2n) is 6.65. The van der Waals surface area contributed by atoms with Gasteiger partial charge in [-0.3, -0.25) is 14.4 Å². The molecule has 0 spiro atoms. The van der Waals surface area contributed by atoms with Crippen LogP contribution in [0.3, 0.4) is 0 Å². The van der Waals surface area contributed by atoms with Crippen molar-refractivity contribution in [3.8, 4) is 0 Å². The highest BCUT2D eigenvalue weighted by atomic mass is 32.1. The zero-order chi connectivity index (χ0) is 19.2. The lowest BCUT2D eigenvalue weighted by atomic mass is 9.96. The second kappa shape index (κ2) is 8.81. The molecule has 0 radical (unpaired) electrons. The van der Waals surface area contributed by atoms with Gasteiger partial charge in [0.1, 0.15) is 6.04 Å². The van der Waals surface area contributed by atoms with Crippen LogP contribution in [0.25, 0.3) is 0 Å². The van der Waals surface area contributed by atoms with E-state index in [1.807, 2.05) is 35.7 Å². The fraction of sp³-hybridized carbons (Fsp3) is 0.350. The number of rotatable bonds is 6. The summed E-state index contributed by atoms with van der Waals surface area (Å²) < 4.78 is 0. The van der Waals surface area contributed by atoms with Gasteiger partial charge in [-0.2, -0.15) is 0 Å². The summed E-state index contributed by atoms with van der Waals surface area (Å²) >= 11 is 1.32. The number of likely N-dealkylation sites (tertiary alicyclic amines) is 1. The van der Waals surface area contributed by atoms with Gasteiger partial charge in [0.15, 0.2) is 0 Å². The van der Waals surface area contributed by atoms with Crippen molar-refractivity contribution in [2.24, 2.45) is 5.92 Å². The van der Waals surface area contributed by atoms with Crippen LogP contribution < -0.4 is 5.32 Å². The Morgan fingerprint density at radius 1 is 1.19 bits per heavy atom. The molecule has 2 amide bonds. The van der Waals surface area contributed by atoms with Gasteiger partial charge < -0.3 is 15.3 Å². The molecule has 7 heteroatoms. The zero-order valence-electron chi connectivity index (χ0n) is 14.8. The van der Waals surface area contributed by atoms with Gasteiger partial charge in [0.25, 0.3) is 5.91 Å². The van der Waals surface area contributed by atoms with E-state index in [0.29, 0.717) is 30.7 Å². The molecule has 2 unspecified atom stereocenters. The number of thiophene rings is 1. The first-order chi connectivity index (χ1) is 13.0. The second-order valence-corrected chi connectivity index (χ2v) is 7.60. The maximum Gasteiger partial charge on any atom is 0.308 e. The number of carboxylic acids is 1. The molecule has 2 atom stereocenters. The third-order valence-corrected chi connectivity index (χ3v) is 5.58. The number of amides is 2. The fourth-order valence-corrected chi connectivity index (χ4v) is 3.91. The van der Waals surface area contributed by atoms with Crippen LogP contribution in [0.5, 0.6) is 0 Å². The molecule has 1 aliphatic heterocycles. The number of carboxylic acid groups (broad SMARTS) is 1. The van der Waals surface area contributed by atoms with E-state index in [9.17, 15) is 19.5 Å². The van der Waals surface area contributed by atoms with E-state index in [2.05, 4.69) is 5.32 Å². The minimum atomic E-state index is -0.880. The Kier molecular flexibility index (Phi) is 6.24. The third-order valence-electron chi connectivity index (χ3n) is 4.71. The lowest BCUT2D eigenvalue weighted by molar-refractivity contribution is -0.146. The molecule has 1 aliphatic rings. The molecule has 2 aromatic rings. The summed E-state index contributed by atoms with van der Waals surface area (Å²) in [6.07, 6.45) is 1.59. The van der Waals surface area contributed by atoms with Crippen molar-refractivity contribution in [2.75, 3.05) is 13.1 Å². The Balaban J connectivity index is 1.76. The summed E-state index contributed by atoms with van der Waals surface area (Å²) in [4.78, 5) is 39.0. The molecule has 1 aromatic heterocycles. The first kappa shape index (κ1) is 19.1. The van der Waals surface area contributed by atoms with Crippen LogP contribution >= 0.6 is 11.3 Å². The summed E-state index contributed by atoms with van der Waals surface area (Å²) in [5.41, 5.74) is 0.939. The largest absolute Gasteiger partial charge is 0.481 e. The van der Waals surface area contributed by atoms with Crippen molar-refractivity contribution < 1.29 is 19.5 Å². The topological polar surface area (TPSA) is 86.7 Å². The van der Waals surface area contributed by atoms with Gasteiger partial charge in [-0.1, -0.05) is 36.4 Å². The minimum absolute atomic E-state index is 0.189. The van der Waals surface area contributed by atoms with Gasteiger partial charge in [-0.25, -0.2) is 0 Å². The minimum Gasteiger partial charge on any atom is -0.481 e. The molecular formula is C20H22N2O4S. The van der Waals surface area contributed by atoms with Crippen molar-refractivity contribution in [3.05, 3.63) is 58.3 Å². The van der Waals surface area contributed by atoms with Gasteiger partial charge in [0.05, 0.1) is 10.8 Å².